The van der Waals surface area contributed by atoms with Gasteiger partial charge in [-0.25, -0.2) is 4.39 Å². The average Bonchev–Trinajstić information content (AvgIpc) is 2.30. The summed E-state index contributed by atoms with van der Waals surface area (Å²) in [6.45, 7) is 2.16. The summed E-state index contributed by atoms with van der Waals surface area (Å²) in [6, 6.07) is 6.69. The van der Waals surface area contributed by atoms with Crippen molar-refractivity contribution < 1.29 is 9.50 Å². The van der Waals surface area contributed by atoms with Crippen molar-refractivity contribution in [1.82, 2.24) is 4.90 Å². The first kappa shape index (κ1) is 11.6. The highest BCUT2D eigenvalue weighted by Crippen LogP contribution is 2.32. The van der Waals surface area contributed by atoms with Crippen LogP contribution in [-0.2, 0) is 0 Å². The zero-order valence-corrected chi connectivity index (χ0v) is 9.56. The normalized spacial score (nSPS) is 26.9. The van der Waals surface area contributed by atoms with Crippen LogP contribution in [0.2, 0.25) is 0 Å². The van der Waals surface area contributed by atoms with Crippen LogP contribution < -0.4 is 0 Å². The van der Waals surface area contributed by atoms with E-state index in [0.29, 0.717) is 5.92 Å². The maximum absolute atomic E-state index is 12.8. The van der Waals surface area contributed by atoms with Crippen molar-refractivity contribution >= 4 is 0 Å². The fourth-order valence-electron chi connectivity index (χ4n) is 2.55. The molecule has 1 N–H and O–H groups in total. The first-order valence-corrected chi connectivity index (χ1v) is 5.75. The Morgan fingerprint density at radius 3 is 2.69 bits per heavy atom. The Labute approximate surface area is 95.7 Å². The second-order valence-corrected chi connectivity index (χ2v) is 4.65. The van der Waals surface area contributed by atoms with Gasteiger partial charge in [0.15, 0.2) is 0 Å². The summed E-state index contributed by atoms with van der Waals surface area (Å²) < 4.78 is 12.8. The van der Waals surface area contributed by atoms with Crippen LogP contribution in [0.15, 0.2) is 24.3 Å². The smallest absolute Gasteiger partial charge is 0.123 e. The minimum Gasteiger partial charge on any atom is -0.396 e. The minimum atomic E-state index is -0.197. The fourth-order valence-corrected chi connectivity index (χ4v) is 2.55. The lowest BCUT2D eigenvalue weighted by atomic mass is 9.81. The first-order chi connectivity index (χ1) is 7.70. The van der Waals surface area contributed by atoms with E-state index in [1.807, 2.05) is 12.1 Å². The third-order valence-corrected chi connectivity index (χ3v) is 3.47. The molecule has 0 aromatic heterocycles. The Hall–Kier alpha value is -0.930. The molecule has 1 heterocycles. The molecule has 3 heteroatoms. The number of hydrogen-bond acceptors (Lipinski definition) is 2. The van der Waals surface area contributed by atoms with Gasteiger partial charge in [-0.1, -0.05) is 12.1 Å². The van der Waals surface area contributed by atoms with Crippen molar-refractivity contribution in [3.8, 4) is 0 Å². The van der Waals surface area contributed by atoms with Gasteiger partial charge in [-0.15, -0.1) is 0 Å². The number of benzene rings is 1. The molecule has 1 aliphatic rings. The molecule has 0 spiro atoms. The van der Waals surface area contributed by atoms with Crippen LogP contribution in [0.4, 0.5) is 4.39 Å². The Bertz CT molecular complexity index is 338. The molecule has 0 radical (unpaired) electrons. The zero-order chi connectivity index (χ0) is 11.5. The molecule has 0 bridgehead atoms. The van der Waals surface area contributed by atoms with Crippen LogP contribution in [0.25, 0.3) is 0 Å². The van der Waals surface area contributed by atoms with Crippen molar-refractivity contribution in [1.29, 1.82) is 0 Å². The first-order valence-electron chi connectivity index (χ1n) is 5.75. The summed E-state index contributed by atoms with van der Waals surface area (Å²) in [4.78, 5) is 2.24. The molecule has 1 fully saturated rings. The Kier molecular flexibility index (Phi) is 3.56. The Morgan fingerprint density at radius 2 is 2.06 bits per heavy atom. The number of nitrogens with zero attached hydrogens (tertiary/aromatic N) is 1. The van der Waals surface area contributed by atoms with Gasteiger partial charge in [0.25, 0.3) is 0 Å². The predicted molar refractivity (Wildman–Crippen MR) is 61.8 cm³/mol. The molecule has 16 heavy (non-hydrogen) atoms. The topological polar surface area (TPSA) is 23.5 Å². The monoisotopic (exact) mass is 223 g/mol. The fraction of sp³-hybridized carbons (Fsp3) is 0.538. The highest BCUT2D eigenvalue weighted by molar-refractivity contribution is 5.22. The summed E-state index contributed by atoms with van der Waals surface area (Å²) in [6.07, 6.45) is 1.04. The number of hydrogen-bond donors (Lipinski definition) is 1. The molecule has 1 saturated heterocycles. The van der Waals surface area contributed by atoms with E-state index in [0.717, 1.165) is 25.1 Å². The lowest BCUT2D eigenvalue weighted by Gasteiger charge is -2.36. The molecule has 0 aliphatic carbocycles. The van der Waals surface area contributed by atoms with Gasteiger partial charge in [-0.05, 0) is 43.6 Å². The summed E-state index contributed by atoms with van der Waals surface area (Å²) in [5, 5.41) is 9.39. The van der Waals surface area contributed by atoms with Crippen LogP contribution in [-0.4, -0.2) is 36.8 Å². The Morgan fingerprint density at radius 1 is 1.38 bits per heavy atom. The lowest BCUT2D eigenvalue weighted by molar-refractivity contribution is 0.118. The zero-order valence-electron chi connectivity index (χ0n) is 9.56. The molecule has 1 aromatic carbocycles. The number of aliphatic hydroxyl groups excluding tert-OH is 1. The summed E-state index contributed by atoms with van der Waals surface area (Å²) >= 11 is 0. The minimum absolute atomic E-state index is 0.197. The summed E-state index contributed by atoms with van der Waals surface area (Å²) in [7, 11) is 2.07. The SMILES string of the molecule is CN1CCC(c2ccc(F)cc2)[C@@H](CO)C1. The van der Waals surface area contributed by atoms with Gasteiger partial charge >= 0.3 is 0 Å². The van der Waals surface area contributed by atoms with E-state index < -0.39 is 0 Å². The molecule has 88 valence electrons. The number of halogens is 1. The van der Waals surface area contributed by atoms with Crippen molar-refractivity contribution in [2.75, 3.05) is 26.7 Å². The van der Waals surface area contributed by atoms with Crippen molar-refractivity contribution in [3.05, 3.63) is 35.6 Å². The summed E-state index contributed by atoms with van der Waals surface area (Å²) in [5.74, 6) is 0.434. The second kappa shape index (κ2) is 4.93. The van der Waals surface area contributed by atoms with Gasteiger partial charge in [0.05, 0.1) is 0 Å². The summed E-state index contributed by atoms with van der Waals surface area (Å²) in [5.41, 5.74) is 1.15. The van der Waals surface area contributed by atoms with Gasteiger partial charge in [0.1, 0.15) is 5.82 Å². The number of likely N-dealkylation sites (tertiary alicyclic amines) is 1. The third kappa shape index (κ3) is 2.42. The van der Waals surface area contributed by atoms with Gasteiger partial charge in [-0.3, -0.25) is 0 Å². The van der Waals surface area contributed by atoms with Gasteiger partial charge in [-0.2, -0.15) is 0 Å². The quantitative estimate of drug-likeness (QED) is 0.827. The predicted octanol–water partition coefficient (Wildman–Crippen LogP) is 1.85. The van der Waals surface area contributed by atoms with E-state index in [-0.39, 0.29) is 18.3 Å². The van der Waals surface area contributed by atoms with Crippen molar-refractivity contribution in [2.45, 2.75) is 12.3 Å². The van der Waals surface area contributed by atoms with Crippen LogP contribution in [0.1, 0.15) is 17.9 Å². The van der Waals surface area contributed by atoms with Crippen molar-refractivity contribution in [2.24, 2.45) is 5.92 Å². The number of aliphatic hydroxyl groups is 1. The van der Waals surface area contributed by atoms with E-state index in [2.05, 4.69) is 11.9 Å². The molecule has 1 aliphatic heterocycles. The van der Waals surface area contributed by atoms with Crippen LogP contribution in [0.5, 0.6) is 0 Å². The average molecular weight is 223 g/mol. The molecule has 2 rings (SSSR count). The highest BCUT2D eigenvalue weighted by atomic mass is 19.1. The standard InChI is InChI=1S/C13H18FNO/c1-15-7-6-13(11(8-15)9-16)10-2-4-12(14)5-3-10/h2-5,11,13,16H,6-9H2,1H3/t11-,13?/m1/s1. The molecular weight excluding hydrogens is 205 g/mol. The molecule has 2 atom stereocenters. The molecule has 0 saturated carbocycles. The van der Waals surface area contributed by atoms with Gasteiger partial charge in [0.2, 0.25) is 0 Å². The number of piperidine rings is 1. The van der Waals surface area contributed by atoms with E-state index in [1.54, 1.807) is 0 Å². The maximum atomic E-state index is 12.8. The molecule has 1 unspecified atom stereocenters. The highest BCUT2D eigenvalue weighted by Gasteiger charge is 2.28. The molecule has 2 nitrogen and oxygen atoms in total. The second-order valence-electron chi connectivity index (χ2n) is 4.65. The lowest BCUT2D eigenvalue weighted by Crippen LogP contribution is -2.38. The van der Waals surface area contributed by atoms with Gasteiger partial charge in [0, 0.05) is 19.1 Å². The number of rotatable bonds is 2. The van der Waals surface area contributed by atoms with E-state index >= 15 is 0 Å². The van der Waals surface area contributed by atoms with Crippen molar-refractivity contribution in [3.63, 3.8) is 0 Å². The van der Waals surface area contributed by atoms with E-state index in [9.17, 15) is 9.50 Å². The molecular formula is C13H18FNO. The third-order valence-electron chi connectivity index (χ3n) is 3.47. The van der Waals surface area contributed by atoms with E-state index in [4.69, 9.17) is 0 Å². The maximum Gasteiger partial charge on any atom is 0.123 e. The molecule has 0 amide bonds. The Balaban J connectivity index is 2.15. The van der Waals surface area contributed by atoms with Crippen LogP contribution >= 0.6 is 0 Å². The van der Waals surface area contributed by atoms with Gasteiger partial charge < -0.3 is 10.0 Å². The largest absolute Gasteiger partial charge is 0.396 e. The van der Waals surface area contributed by atoms with E-state index in [1.165, 1.54) is 12.1 Å². The van der Waals surface area contributed by atoms with Crippen LogP contribution in [0, 0.1) is 11.7 Å². The molecule has 1 aromatic rings. The van der Waals surface area contributed by atoms with Crippen LogP contribution in [0.3, 0.4) is 0 Å².